The first-order valence-corrected chi connectivity index (χ1v) is 13.5. The van der Waals surface area contributed by atoms with Crippen molar-refractivity contribution in [2.24, 2.45) is 16.5 Å². The van der Waals surface area contributed by atoms with E-state index in [0.29, 0.717) is 42.0 Å². The molecule has 1 fully saturated rings. The second kappa shape index (κ2) is 11.1. The Morgan fingerprint density at radius 3 is 2.74 bits per heavy atom. The number of benzene rings is 2. The zero-order valence-electron chi connectivity index (χ0n) is 21.9. The molecule has 200 valence electrons. The summed E-state index contributed by atoms with van der Waals surface area (Å²) < 4.78 is 2.01. The topological polar surface area (TPSA) is 144 Å². The molecule has 1 atom stereocenters. The zero-order chi connectivity index (χ0) is 26.6. The van der Waals surface area contributed by atoms with Gasteiger partial charge in [0.1, 0.15) is 11.9 Å². The number of imidazole rings is 1. The first-order valence-electron chi connectivity index (χ1n) is 13.5. The maximum atomic E-state index is 13.5. The summed E-state index contributed by atoms with van der Waals surface area (Å²) in [5.41, 5.74) is 15.7. The number of amides is 2. The minimum absolute atomic E-state index is 0.0296. The smallest absolute Gasteiger partial charge is 0.253 e. The number of carbonyl (C=O) groups excluding carboxylic acids is 2. The third-order valence-electron chi connectivity index (χ3n) is 7.25. The minimum atomic E-state index is -0.506. The fraction of sp³-hybridized carbons (Fsp3) is 0.429. The fourth-order valence-electron chi connectivity index (χ4n) is 5.28. The Kier molecular flexibility index (Phi) is 7.48. The van der Waals surface area contributed by atoms with Crippen LogP contribution in [0.5, 0.6) is 0 Å². The number of unbranched alkanes of at least 4 members (excludes halogenated alkanes) is 1. The molecule has 0 spiro atoms. The van der Waals surface area contributed by atoms with Crippen LogP contribution in [0.1, 0.15) is 61.8 Å². The number of likely N-dealkylation sites (tertiary alicyclic amines) is 1. The molecule has 0 radical (unpaired) electrons. The Balaban J connectivity index is 1.58. The maximum absolute atomic E-state index is 13.5. The third-order valence-corrected chi connectivity index (χ3v) is 7.25. The molecule has 1 saturated heterocycles. The molecule has 6 N–H and O–H groups in total. The summed E-state index contributed by atoms with van der Waals surface area (Å²) in [6.45, 7) is 5.03. The van der Waals surface area contributed by atoms with Crippen LogP contribution < -0.4 is 22.1 Å². The standard InChI is InChI=1S/C28H36N8O2/c1-2-3-12-31-19-9-10-21-20(17-19)25-33-22-16-18(27(38)35-14-4-5-15-35)8-11-23(22)36(25)24(26(37)34-21)7-6-13-32-28(29)30/h8-11,16-17,24,31H,2-7,12-15H2,1H3,(H,34,37)(H4,29,30,32). The highest BCUT2D eigenvalue weighted by atomic mass is 16.2. The molecular formula is C28H36N8O2. The quantitative estimate of drug-likeness (QED) is 0.194. The number of nitrogens with one attached hydrogen (secondary N) is 2. The maximum Gasteiger partial charge on any atom is 0.253 e. The van der Waals surface area contributed by atoms with E-state index in [4.69, 9.17) is 16.5 Å². The Morgan fingerprint density at radius 1 is 1.16 bits per heavy atom. The van der Waals surface area contributed by atoms with Gasteiger partial charge in [0.2, 0.25) is 5.91 Å². The second-order valence-corrected chi connectivity index (χ2v) is 10.0. The van der Waals surface area contributed by atoms with Gasteiger partial charge >= 0.3 is 0 Å². The van der Waals surface area contributed by atoms with Crippen molar-refractivity contribution in [2.45, 2.75) is 51.5 Å². The number of aromatic nitrogens is 2. The highest BCUT2D eigenvalue weighted by Crippen LogP contribution is 2.39. The van der Waals surface area contributed by atoms with Crippen molar-refractivity contribution in [1.82, 2.24) is 14.5 Å². The van der Waals surface area contributed by atoms with Gasteiger partial charge in [-0.3, -0.25) is 14.6 Å². The van der Waals surface area contributed by atoms with Crippen LogP contribution in [0, 0.1) is 0 Å². The molecule has 0 aliphatic carbocycles. The highest BCUT2D eigenvalue weighted by molar-refractivity contribution is 6.03. The predicted molar refractivity (Wildman–Crippen MR) is 151 cm³/mol. The van der Waals surface area contributed by atoms with Gasteiger partial charge in [0.05, 0.1) is 16.7 Å². The summed E-state index contributed by atoms with van der Waals surface area (Å²) in [6.07, 6.45) is 5.40. The van der Waals surface area contributed by atoms with Gasteiger partial charge in [0.15, 0.2) is 5.96 Å². The summed E-state index contributed by atoms with van der Waals surface area (Å²) >= 11 is 0. The van der Waals surface area contributed by atoms with Gasteiger partial charge < -0.3 is 31.6 Å². The number of rotatable bonds is 9. The van der Waals surface area contributed by atoms with Gasteiger partial charge in [-0.15, -0.1) is 0 Å². The van der Waals surface area contributed by atoms with Crippen molar-refractivity contribution >= 4 is 40.2 Å². The van der Waals surface area contributed by atoms with Gasteiger partial charge in [0, 0.05) is 43.0 Å². The zero-order valence-corrected chi connectivity index (χ0v) is 21.9. The molecule has 1 unspecified atom stereocenters. The first kappa shape index (κ1) is 25.6. The molecule has 2 aliphatic heterocycles. The van der Waals surface area contributed by atoms with E-state index < -0.39 is 6.04 Å². The molecule has 2 aromatic carbocycles. The van der Waals surface area contributed by atoms with Gasteiger partial charge in [-0.2, -0.15) is 0 Å². The second-order valence-electron chi connectivity index (χ2n) is 10.0. The number of carbonyl (C=O) groups is 2. The van der Waals surface area contributed by atoms with Crippen LogP contribution in [-0.4, -0.2) is 58.4 Å². The van der Waals surface area contributed by atoms with Crippen molar-refractivity contribution < 1.29 is 9.59 Å². The summed E-state index contributed by atoms with van der Waals surface area (Å²) in [6, 6.07) is 11.1. The van der Waals surface area contributed by atoms with E-state index >= 15 is 0 Å². The predicted octanol–water partition coefficient (Wildman–Crippen LogP) is 3.70. The van der Waals surface area contributed by atoms with Gasteiger partial charge in [-0.05, 0) is 68.5 Å². The molecule has 1 aromatic heterocycles. The normalized spacial score (nSPS) is 16.5. The number of anilines is 2. The summed E-state index contributed by atoms with van der Waals surface area (Å²) in [7, 11) is 0. The third kappa shape index (κ3) is 5.16. The van der Waals surface area contributed by atoms with E-state index in [1.54, 1.807) is 0 Å². The Bertz CT molecular complexity index is 1370. The average molecular weight is 517 g/mol. The number of hydrogen-bond acceptors (Lipinski definition) is 5. The lowest BCUT2D eigenvalue weighted by atomic mass is 10.1. The molecule has 2 aliphatic rings. The molecule has 10 heteroatoms. The number of aliphatic imine (C=N–C) groups is 1. The van der Waals surface area contributed by atoms with Gasteiger partial charge in [0.25, 0.3) is 5.91 Å². The number of fused-ring (bicyclic) bond motifs is 5. The molecular weight excluding hydrogens is 480 g/mol. The fourth-order valence-corrected chi connectivity index (χ4v) is 5.28. The van der Waals surface area contributed by atoms with Crippen LogP contribution in [0.15, 0.2) is 41.4 Å². The van der Waals surface area contributed by atoms with Gasteiger partial charge in [-0.1, -0.05) is 13.3 Å². The van der Waals surface area contributed by atoms with Gasteiger partial charge in [-0.25, -0.2) is 4.98 Å². The Labute approximate surface area is 222 Å². The summed E-state index contributed by atoms with van der Waals surface area (Å²) in [5, 5.41) is 6.58. The van der Waals surface area contributed by atoms with E-state index in [1.807, 2.05) is 45.9 Å². The molecule has 0 bridgehead atoms. The lowest BCUT2D eigenvalue weighted by Gasteiger charge is -2.18. The highest BCUT2D eigenvalue weighted by Gasteiger charge is 2.31. The summed E-state index contributed by atoms with van der Waals surface area (Å²) in [4.78, 5) is 37.6. The van der Waals surface area contributed by atoms with E-state index in [9.17, 15) is 9.59 Å². The average Bonchev–Trinajstić information content (AvgIpc) is 3.55. The minimum Gasteiger partial charge on any atom is -0.385 e. The molecule has 3 heterocycles. The molecule has 2 amide bonds. The van der Waals surface area contributed by atoms with Crippen molar-refractivity contribution in [3.05, 3.63) is 42.0 Å². The number of guanidine groups is 1. The van der Waals surface area contributed by atoms with Crippen LogP contribution in [0.3, 0.4) is 0 Å². The van der Waals surface area contributed by atoms with E-state index in [0.717, 1.165) is 62.1 Å². The van der Waals surface area contributed by atoms with E-state index in [1.165, 1.54) is 0 Å². The van der Waals surface area contributed by atoms with Crippen LogP contribution in [0.25, 0.3) is 22.4 Å². The van der Waals surface area contributed by atoms with E-state index in [2.05, 4.69) is 22.5 Å². The lowest BCUT2D eigenvalue weighted by molar-refractivity contribution is -0.119. The first-order chi connectivity index (χ1) is 18.5. The number of nitrogens with zero attached hydrogens (tertiary/aromatic N) is 4. The van der Waals surface area contributed by atoms with Crippen LogP contribution in [0.4, 0.5) is 11.4 Å². The monoisotopic (exact) mass is 516 g/mol. The van der Waals surface area contributed by atoms with E-state index in [-0.39, 0.29) is 17.8 Å². The SMILES string of the molecule is CCCCNc1ccc2c(c1)-c1nc3cc(C(=O)N4CCCC4)ccc3n1C(CCCN=C(N)N)C(=O)N2. The van der Waals surface area contributed by atoms with Crippen LogP contribution in [-0.2, 0) is 4.79 Å². The van der Waals surface area contributed by atoms with Crippen molar-refractivity contribution in [2.75, 3.05) is 36.8 Å². The lowest BCUT2D eigenvalue weighted by Crippen LogP contribution is -2.27. The van der Waals surface area contributed by atoms with Crippen molar-refractivity contribution in [3.8, 4) is 11.4 Å². The van der Waals surface area contributed by atoms with Crippen molar-refractivity contribution in [1.29, 1.82) is 0 Å². The largest absolute Gasteiger partial charge is 0.385 e. The Morgan fingerprint density at radius 2 is 1.97 bits per heavy atom. The molecule has 0 saturated carbocycles. The number of hydrogen-bond donors (Lipinski definition) is 4. The van der Waals surface area contributed by atoms with Crippen LogP contribution in [0.2, 0.25) is 0 Å². The molecule has 10 nitrogen and oxygen atoms in total. The van der Waals surface area contributed by atoms with Crippen LogP contribution >= 0.6 is 0 Å². The number of nitrogens with two attached hydrogens (primary N) is 2. The molecule has 38 heavy (non-hydrogen) atoms. The Hall–Kier alpha value is -4.08. The molecule has 3 aromatic rings. The molecule has 5 rings (SSSR count). The summed E-state index contributed by atoms with van der Waals surface area (Å²) in [5.74, 6) is 0.653. The van der Waals surface area contributed by atoms with Crippen molar-refractivity contribution in [3.63, 3.8) is 0 Å².